The number of rotatable bonds is 3. The van der Waals surface area contributed by atoms with Gasteiger partial charge in [-0.3, -0.25) is 24.3 Å². The van der Waals surface area contributed by atoms with Gasteiger partial charge in [0.1, 0.15) is 6.67 Å². The molecular weight excluding hydrogens is 342 g/mol. The van der Waals surface area contributed by atoms with Gasteiger partial charge in [-0.15, -0.1) is 0 Å². The maximum atomic E-state index is 13.3. The Bertz CT molecular complexity index is 834. The lowest BCUT2D eigenvalue weighted by molar-refractivity contribution is -0.124. The van der Waals surface area contributed by atoms with Gasteiger partial charge in [0, 0.05) is 18.8 Å². The summed E-state index contributed by atoms with van der Waals surface area (Å²) in [5.74, 6) is -0.0855. The summed E-state index contributed by atoms with van der Waals surface area (Å²) >= 11 is 0. The number of nitrogens with zero attached hydrogens (tertiary/aromatic N) is 3. The van der Waals surface area contributed by atoms with Crippen LogP contribution in [0.4, 0.5) is 11.4 Å². The molecule has 140 valence electrons. The second-order valence-electron chi connectivity index (χ2n) is 6.82. The van der Waals surface area contributed by atoms with E-state index in [4.69, 9.17) is 4.74 Å². The quantitative estimate of drug-likeness (QED) is 0.838. The van der Waals surface area contributed by atoms with Crippen LogP contribution in [-0.2, 0) is 9.53 Å². The third-order valence-electron chi connectivity index (χ3n) is 5.24. The molecule has 0 saturated carbocycles. The molecule has 0 radical (unpaired) electrons. The van der Waals surface area contributed by atoms with E-state index in [1.54, 1.807) is 15.9 Å². The number of fused-ring (bicyclic) bond motifs is 1. The lowest BCUT2D eigenvalue weighted by atomic mass is 10.1. The Balaban J connectivity index is 1.67. The van der Waals surface area contributed by atoms with E-state index < -0.39 is 0 Å². The summed E-state index contributed by atoms with van der Waals surface area (Å²) in [6, 6.07) is 16.5. The van der Waals surface area contributed by atoms with E-state index in [1.807, 2.05) is 55.5 Å². The maximum absolute atomic E-state index is 13.3. The minimum Gasteiger partial charge on any atom is -0.379 e. The van der Waals surface area contributed by atoms with Gasteiger partial charge in [-0.2, -0.15) is 0 Å². The van der Waals surface area contributed by atoms with Crippen LogP contribution in [-0.4, -0.2) is 55.7 Å². The largest absolute Gasteiger partial charge is 0.379 e. The van der Waals surface area contributed by atoms with Crippen molar-refractivity contribution in [3.05, 3.63) is 60.2 Å². The first-order valence-corrected chi connectivity index (χ1v) is 9.26. The molecule has 1 atom stereocenters. The molecule has 2 heterocycles. The van der Waals surface area contributed by atoms with Crippen molar-refractivity contribution in [1.29, 1.82) is 0 Å². The fourth-order valence-corrected chi connectivity index (χ4v) is 3.66. The SMILES string of the molecule is CC(C(=O)N1CN(c2ccccc2)C(=O)c2ccccc21)N1CCOCC1. The number of amides is 2. The molecule has 27 heavy (non-hydrogen) atoms. The minimum absolute atomic E-state index is 0.00205. The standard InChI is InChI=1S/C21H23N3O3/c1-16(22-11-13-27-14-12-22)20(25)24-15-23(17-7-3-2-4-8-17)21(26)18-9-5-6-10-19(18)24/h2-10,16H,11-15H2,1H3. The van der Waals surface area contributed by atoms with E-state index in [2.05, 4.69) is 4.90 Å². The molecule has 4 rings (SSSR count). The molecule has 2 aliphatic rings. The molecular formula is C21H23N3O3. The molecule has 1 saturated heterocycles. The summed E-state index contributed by atoms with van der Waals surface area (Å²) < 4.78 is 5.40. The highest BCUT2D eigenvalue weighted by atomic mass is 16.5. The molecule has 0 aromatic heterocycles. The molecule has 1 fully saturated rings. The van der Waals surface area contributed by atoms with Crippen molar-refractivity contribution in [2.24, 2.45) is 0 Å². The van der Waals surface area contributed by atoms with Gasteiger partial charge in [0.25, 0.3) is 5.91 Å². The Hall–Kier alpha value is -2.70. The average molecular weight is 365 g/mol. The van der Waals surface area contributed by atoms with Crippen molar-refractivity contribution in [3.8, 4) is 0 Å². The van der Waals surface area contributed by atoms with Crippen LogP contribution < -0.4 is 9.80 Å². The first-order valence-electron chi connectivity index (χ1n) is 9.26. The first-order chi connectivity index (χ1) is 13.2. The Kier molecular flexibility index (Phi) is 4.92. The van der Waals surface area contributed by atoms with Crippen LogP contribution in [0.15, 0.2) is 54.6 Å². The normalized spacial score (nSPS) is 18.9. The predicted octanol–water partition coefficient (Wildman–Crippen LogP) is 2.36. The van der Waals surface area contributed by atoms with Crippen LogP contribution in [0.5, 0.6) is 0 Å². The second kappa shape index (κ2) is 7.50. The molecule has 0 bridgehead atoms. The van der Waals surface area contributed by atoms with Crippen molar-refractivity contribution in [1.82, 2.24) is 4.90 Å². The van der Waals surface area contributed by atoms with Gasteiger partial charge in [0.05, 0.1) is 30.5 Å². The monoisotopic (exact) mass is 365 g/mol. The van der Waals surface area contributed by atoms with Crippen LogP contribution in [0.3, 0.4) is 0 Å². The van der Waals surface area contributed by atoms with Gasteiger partial charge in [-0.25, -0.2) is 0 Å². The van der Waals surface area contributed by atoms with Crippen LogP contribution in [0, 0.1) is 0 Å². The molecule has 6 nitrogen and oxygen atoms in total. The molecule has 2 aromatic carbocycles. The van der Waals surface area contributed by atoms with E-state index in [1.165, 1.54) is 0 Å². The summed E-state index contributed by atoms with van der Waals surface area (Å²) in [6.45, 7) is 4.91. The number of carbonyl (C=O) groups excluding carboxylic acids is 2. The van der Waals surface area contributed by atoms with Crippen molar-refractivity contribution < 1.29 is 14.3 Å². The third kappa shape index (κ3) is 3.34. The van der Waals surface area contributed by atoms with Crippen molar-refractivity contribution >= 4 is 23.2 Å². The van der Waals surface area contributed by atoms with E-state index in [9.17, 15) is 9.59 Å². The number of para-hydroxylation sites is 2. The second-order valence-corrected chi connectivity index (χ2v) is 6.82. The number of hydrogen-bond acceptors (Lipinski definition) is 4. The summed E-state index contributed by atoms with van der Waals surface area (Å²) in [4.78, 5) is 31.9. The van der Waals surface area contributed by atoms with Gasteiger partial charge in [0.2, 0.25) is 5.91 Å². The topological polar surface area (TPSA) is 53.1 Å². The molecule has 2 aliphatic heterocycles. The molecule has 6 heteroatoms. The lowest BCUT2D eigenvalue weighted by Gasteiger charge is -2.40. The Morgan fingerprint density at radius 3 is 2.41 bits per heavy atom. The summed E-state index contributed by atoms with van der Waals surface area (Å²) in [7, 11) is 0. The zero-order valence-electron chi connectivity index (χ0n) is 15.4. The molecule has 2 amide bonds. The van der Waals surface area contributed by atoms with E-state index in [0.29, 0.717) is 24.5 Å². The Morgan fingerprint density at radius 1 is 1.00 bits per heavy atom. The lowest BCUT2D eigenvalue weighted by Crippen LogP contribution is -2.56. The number of anilines is 2. The summed E-state index contributed by atoms with van der Waals surface area (Å²) in [5, 5.41) is 0. The molecule has 0 spiro atoms. The number of benzene rings is 2. The minimum atomic E-state index is -0.271. The fraction of sp³-hybridized carbons (Fsp3) is 0.333. The zero-order chi connectivity index (χ0) is 18.8. The van der Waals surface area contributed by atoms with Crippen molar-refractivity contribution in [2.75, 3.05) is 42.8 Å². The van der Waals surface area contributed by atoms with Gasteiger partial charge in [0.15, 0.2) is 0 Å². The predicted molar refractivity (Wildman–Crippen MR) is 104 cm³/mol. The van der Waals surface area contributed by atoms with Gasteiger partial charge >= 0.3 is 0 Å². The number of carbonyl (C=O) groups is 2. The van der Waals surface area contributed by atoms with E-state index in [0.717, 1.165) is 18.8 Å². The van der Waals surface area contributed by atoms with Gasteiger partial charge in [-0.05, 0) is 31.2 Å². The van der Waals surface area contributed by atoms with Crippen LogP contribution >= 0.6 is 0 Å². The van der Waals surface area contributed by atoms with E-state index >= 15 is 0 Å². The molecule has 0 aliphatic carbocycles. The number of morpholine rings is 1. The highest BCUT2D eigenvalue weighted by Crippen LogP contribution is 2.31. The number of hydrogen-bond donors (Lipinski definition) is 0. The fourth-order valence-electron chi connectivity index (χ4n) is 3.66. The van der Waals surface area contributed by atoms with Crippen LogP contribution in [0.1, 0.15) is 17.3 Å². The van der Waals surface area contributed by atoms with Crippen molar-refractivity contribution in [2.45, 2.75) is 13.0 Å². The van der Waals surface area contributed by atoms with Crippen LogP contribution in [0.2, 0.25) is 0 Å². The first kappa shape index (κ1) is 17.7. The molecule has 1 unspecified atom stereocenters. The van der Waals surface area contributed by atoms with Crippen molar-refractivity contribution in [3.63, 3.8) is 0 Å². The average Bonchev–Trinajstić information content (AvgIpc) is 2.74. The third-order valence-corrected chi connectivity index (χ3v) is 5.24. The van der Waals surface area contributed by atoms with Crippen LogP contribution in [0.25, 0.3) is 0 Å². The summed E-state index contributed by atoms with van der Waals surface area (Å²) in [6.07, 6.45) is 0. The summed E-state index contributed by atoms with van der Waals surface area (Å²) in [5.41, 5.74) is 2.02. The smallest absolute Gasteiger partial charge is 0.261 e. The van der Waals surface area contributed by atoms with Gasteiger partial charge < -0.3 is 4.74 Å². The maximum Gasteiger partial charge on any atom is 0.261 e. The zero-order valence-corrected chi connectivity index (χ0v) is 15.4. The Labute approximate surface area is 158 Å². The number of ether oxygens (including phenoxy) is 1. The highest BCUT2D eigenvalue weighted by molar-refractivity contribution is 6.15. The Morgan fingerprint density at radius 2 is 1.67 bits per heavy atom. The molecule has 2 aromatic rings. The van der Waals surface area contributed by atoms with E-state index in [-0.39, 0.29) is 24.5 Å². The van der Waals surface area contributed by atoms with Gasteiger partial charge in [-0.1, -0.05) is 30.3 Å². The highest BCUT2D eigenvalue weighted by Gasteiger charge is 2.36. The molecule has 0 N–H and O–H groups in total.